The van der Waals surface area contributed by atoms with Gasteiger partial charge >= 0.3 is 0 Å². The number of pyridine rings is 2. The van der Waals surface area contributed by atoms with Gasteiger partial charge in [-0.25, -0.2) is 9.97 Å². The molecule has 0 aromatic carbocycles. The van der Waals surface area contributed by atoms with Crippen molar-refractivity contribution in [1.29, 1.82) is 0 Å². The van der Waals surface area contributed by atoms with E-state index < -0.39 is 0 Å². The van der Waals surface area contributed by atoms with Crippen molar-refractivity contribution in [3.8, 4) is 5.69 Å². The lowest BCUT2D eigenvalue weighted by Gasteiger charge is -2.10. The Morgan fingerprint density at radius 2 is 2.04 bits per heavy atom. The van der Waals surface area contributed by atoms with Gasteiger partial charge in [0.2, 0.25) is 0 Å². The second-order valence-corrected chi connectivity index (χ2v) is 6.32. The zero-order valence-corrected chi connectivity index (χ0v) is 15.1. The van der Waals surface area contributed by atoms with Gasteiger partial charge in [0, 0.05) is 12.4 Å². The van der Waals surface area contributed by atoms with Gasteiger partial charge < -0.3 is 21.4 Å². The first kappa shape index (κ1) is 17.5. The monoisotopic (exact) mass is 349 g/mol. The van der Waals surface area contributed by atoms with Gasteiger partial charge in [-0.2, -0.15) is 0 Å². The van der Waals surface area contributed by atoms with Crippen LogP contribution in [0.4, 0.5) is 5.82 Å². The van der Waals surface area contributed by atoms with Gasteiger partial charge in [0.15, 0.2) is 0 Å². The predicted octanol–water partition coefficient (Wildman–Crippen LogP) is 2.83. The fourth-order valence-corrected chi connectivity index (χ4v) is 2.62. The van der Waals surface area contributed by atoms with Gasteiger partial charge in [0.25, 0.3) is 0 Å². The molecule has 0 aliphatic heterocycles. The first-order valence-electron chi connectivity index (χ1n) is 8.41. The molecule has 5 N–H and O–H groups in total. The highest BCUT2D eigenvalue weighted by Crippen LogP contribution is 2.19. The van der Waals surface area contributed by atoms with Crippen LogP contribution in [0, 0.1) is 12.8 Å². The maximum Gasteiger partial charge on any atom is 0.132 e. The van der Waals surface area contributed by atoms with Crippen LogP contribution >= 0.6 is 0 Å². The molecule has 3 heterocycles. The number of rotatable bonds is 5. The van der Waals surface area contributed by atoms with E-state index in [2.05, 4.69) is 34.1 Å². The minimum Gasteiger partial charge on any atom is -0.404 e. The Bertz CT molecular complexity index is 982. The summed E-state index contributed by atoms with van der Waals surface area (Å²) in [5, 5.41) is 3.10. The van der Waals surface area contributed by atoms with Gasteiger partial charge in [-0.1, -0.05) is 13.8 Å². The molecule has 7 heteroatoms. The predicted molar refractivity (Wildman–Crippen MR) is 104 cm³/mol. The number of nitrogens with one attached hydrogen (secondary N) is 1. The molecule has 3 rings (SSSR count). The average molecular weight is 349 g/mol. The maximum atomic E-state index is 6.08. The largest absolute Gasteiger partial charge is 0.404 e. The number of nitrogens with zero attached hydrogens (tertiary/aromatic N) is 4. The van der Waals surface area contributed by atoms with Crippen LogP contribution in [0.3, 0.4) is 0 Å². The van der Waals surface area contributed by atoms with Gasteiger partial charge in [-0.3, -0.25) is 4.98 Å². The van der Waals surface area contributed by atoms with E-state index in [1.807, 2.05) is 42.0 Å². The summed E-state index contributed by atoms with van der Waals surface area (Å²) >= 11 is 0. The minimum absolute atomic E-state index is 0.287. The summed E-state index contributed by atoms with van der Waals surface area (Å²) in [5.41, 5.74) is 15.2. The minimum atomic E-state index is 0.287. The van der Waals surface area contributed by atoms with E-state index in [0.29, 0.717) is 11.6 Å². The van der Waals surface area contributed by atoms with E-state index in [1.54, 1.807) is 18.6 Å². The van der Waals surface area contributed by atoms with E-state index in [1.165, 1.54) is 0 Å². The number of anilines is 1. The highest BCUT2D eigenvalue weighted by atomic mass is 15.1. The normalized spacial score (nSPS) is 12.8. The molecule has 0 atom stereocenters. The fraction of sp³-hybridized carbons (Fsp3) is 0.211. The van der Waals surface area contributed by atoms with Crippen LogP contribution in [0.25, 0.3) is 16.7 Å². The van der Waals surface area contributed by atoms with Crippen LogP contribution in [0.5, 0.6) is 0 Å². The smallest absolute Gasteiger partial charge is 0.132 e. The Morgan fingerprint density at radius 3 is 2.69 bits per heavy atom. The van der Waals surface area contributed by atoms with Gasteiger partial charge in [0.1, 0.15) is 17.5 Å². The second kappa shape index (κ2) is 7.26. The highest BCUT2D eigenvalue weighted by Gasteiger charge is 2.06. The number of aromatic nitrogens is 4. The third kappa shape index (κ3) is 3.66. The fourth-order valence-electron chi connectivity index (χ4n) is 2.62. The zero-order chi connectivity index (χ0) is 18.7. The molecule has 3 aromatic heterocycles. The number of hydrogen-bond donors (Lipinski definition) is 3. The molecule has 7 nitrogen and oxygen atoms in total. The Morgan fingerprint density at radius 1 is 1.23 bits per heavy atom. The van der Waals surface area contributed by atoms with Crippen molar-refractivity contribution in [2.45, 2.75) is 20.8 Å². The Labute approximate surface area is 152 Å². The van der Waals surface area contributed by atoms with Crippen molar-refractivity contribution in [1.82, 2.24) is 19.5 Å². The summed E-state index contributed by atoms with van der Waals surface area (Å²) in [6, 6.07) is 5.73. The van der Waals surface area contributed by atoms with E-state index in [4.69, 9.17) is 11.5 Å². The SMILES string of the molecule is Cc1nccn1-c1cnc2ccc(N/C(N)=C/C(=C\N)C(C)C)nc2c1. The average Bonchev–Trinajstić information content (AvgIpc) is 3.04. The lowest BCUT2D eigenvalue weighted by molar-refractivity contribution is 0.786. The van der Waals surface area contributed by atoms with E-state index in [-0.39, 0.29) is 5.92 Å². The Kier molecular flexibility index (Phi) is 4.88. The van der Waals surface area contributed by atoms with E-state index in [9.17, 15) is 0 Å². The van der Waals surface area contributed by atoms with Crippen molar-refractivity contribution in [3.63, 3.8) is 0 Å². The van der Waals surface area contributed by atoms with Crippen LogP contribution < -0.4 is 16.8 Å². The molecule has 0 amide bonds. The summed E-state index contributed by atoms with van der Waals surface area (Å²) in [7, 11) is 0. The molecule has 0 aliphatic rings. The molecular weight excluding hydrogens is 326 g/mol. The third-order valence-corrected chi connectivity index (χ3v) is 4.08. The molecule has 0 bridgehead atoms. The van der Waals surface area contributed by atoms with E-state index >= 15 is 0 Å². The van der Waals surface area contributed by atoms with Gasteiger partial charge in [0.05, 0.1) is 22.9 Å². The van der Waals surface area contributed by atoms with Crippen LogP contribution in [0.2, 0.25) is 0 Å². The lowest BCUT2D eigenvalue weighted by atomic mass is 10.0. The zero-order valence-electron chi connectivity index (χ0n) is 15.1. The van der Waals surface area contributed by atoms with Crippen LogP contribution in [-0.4, -0.2) is 19.5 Å². The van der Waals surface area contributed by atoms with Crippen molar-refractivity contribution in [2.75, 3.05) is 5.32 Å². The number of imidazole rings is 1. The third-order valence-electron chi connectivity index (χ3n) is 4.08. The molecular formula is C19H23N7. The molecule has 0 saturated carbocycles. The number of allylic oxidation sites excluding steroid dienone is 2. The summed E-state index contributed by atoms with van der Waals surface area (Å²) < 4.78 is 1.96. The quantitative estimate of drug-likeness (QED) is 0.611. The Balaban J connectivity index is 1.91. The highest BCUT2D eigenvalue weighted by molar-refractivity contribution is 5.78. The first-order chi connectivity index (χ1) is 12.5. The molecule has 0 aliphatic carbocycles. The number of nitrogens with two attached hydrogens (primary N) is 2. The summed E-state index contributed by atoms with van der Waals surface area (Å²) in [5.74, 6) is 2.31. The number of hydrogen-bond acceptors (Lipinski definition) is 6. The topological polar surface area (TPSA) is 108 Å². The molecule has 0 saturated heterocycles. The second-order valence-electron chi connectivity index (χ2n) is 6.32. The molecule has 26 heavy (non-hydrogen) atoms. The molecule has 3 aromatic rings. The number of fused-ring (bicyclic) bond motifs is 1. The van der Waals surface area contributed by atoms with Crippen molar-refractivity contribution in [2.24, 2.45) is 17.4 Å². The summed E-state index contributed by atoms with van der Waals surface area (Å²) in [4.78, 5) is 13.3. The molecule has 0 fully saturated rings. The van der Waals surface area contributed by atoms with Crippen molar-refractivity contribution >= 4 is 16.9 Å². The van der Waals surface area contributed by atoms with Crippen LogP contribution in [0.1, 0.15) is 19.7 Å². The van der Waals surface area contributed by atoms with Crippen molar-refractivity contribution < 1.29 is 0 Å². The molecule has 0 spiro atoms. The summed E-state index contributed by atoms with van der Waals surface area (Å²) in [6.07, 6.45) is 8.85. The van der Waals surface area contributed by atoms with Gasteiger partial charge in [-0.05, 0) is 48.9 Å². The number of aryl methyl sites for hydroxylation is 1. The molecule has 0 unspecified atom stereocenters. The summed E-state index contributed by atoms with van der Waals surface area (Å²) in [6.45, 7) is 6.06. The van der Waals surface area contributed by atoms with Crippen LogP contribution in [0.15, 0.2) is 60.5 Å². The first-order valence-corrected chi connectivity index (χ1v) is 8.41. The van der Waals surface area contributed by atoms with Crippen molar-refractivity contribution in [3.05, 3.63) is 66.3 Å². The van der Waals surface area contributed by atoms with E-state index in [0.717, 1.165) is 28.1 Å². The molecule has 0 radical (unpaired) electrons. The molecule has 134 valence electrons. The lowest BCUT2D eigenvalue weighted by Crippen LogP contribution is -2.12. The van der Waals surface area contributed by atoms with Gasteiger partial charge in [-0.15, -0.1) is 0 Å². The maximum absolute atomic E-state index is 6.08. The van der Waals surface area contributed by atoms with Crippen LogP contribution in [-0.2, 0) is 0 Å². The Hall–Kier alpha value is -3.35. The standard InChI is InChI=1S/C19H23N7/c1-12(2)14(10-20)8-18(21)25-19-5-4-16-17(24-19)9-15(11-23-16)26-7-6-22-13(26)3/h4-12H,20-21H2,1-3H3,(H,24,25)/b14-10+,18-8+.